The topological polar surface area (TPSA) is 55.8 Å². The Hall–Kier alpha value is -2.11. The molecule has 1 heterocycles. The summed E-state index contributed by atoms with van der Waals surface area (Å²) in [6.07, 6.45) is 2.75. The van der Waals surface area contributed by atoms with Crippen molar-refractivity contribution in [3.05, 3.63) is 29.6 Å². The standard InChI is InChI=1S/C16H20FNO4/c1-21-14-7-6-11(9-13(14)17)16(20)18-8-4-3-5-12(18)10-15(19)22-2/h6-7,9,12H,3-5,8,10H2,1-2H3. The van der Waals surface area contributed by atoms with Crippen LogP contribution in [-0.4, -0.2) is 43.6 Å². The van der Waals surface area contributed by atoms with E-state index in [-0.39, 0.29) is 35.7 Å². The molecule has 1 aliphatic rings. The number of halogens is 1. The van der Waals surface area contributed by atoms with Gasteiger partial charge in [-0.1, -0.05) is 0 Å². The summed E-state index contributed by atoms with van der Waals surface area (Å²) < 4.78 is 23.3. The number of hydrogen-bond acceptors (Lipinski definition) is 4. The van der Waals surface area contributed by atoms with Crippen LogP contribution in [0.4, 0.5) is 4.39 Å². The minimum Gasteiger partial charge on any atom is -0.494 e. The molecule has 1 unspecified atom stereocenters. The number of benzene rings is 1. The molecule has 1 fully saturated rings. The molecule has 22 heavy (non-hydrogen) atoms. The largest absolute Gasteiger partial charge is 0.494 e. The van der Waals surface area contributed by atoms with Crippen LogP contribution in [0.5, 0.6) is 5.75 Å². The van der Waals surface area contributed by atoms with Gasteiger partial charge in [-0.15, -0.1) is 0 Å². The third-order valence-electron chi connectivity index (χ3n) is 3.92. The van der Waals surface area contributed by atoms with E-state index in [9.17, 15) is 14.0 Å². The van der Waals surface area contributed by atoms with Crippen molar-refractivity contribution in [3.63, 3.8) is 0 Å². The molecule has 0 aromatic heterocycles. The van der Waals surface area contributed by atoms with Gasteiger partial charge in [0.15, 0.2) is 11.6 Å². The van der Waals surface area contributed by atoms with Crippen molar-refractivity contribution in [2.75, 3.05) is 20.8 Å². The van der Waals surface area contributed by atoms with Crippen molar-refractivity contribution < 1.29 is 23.5 Å². The Balaban J connectivity index is 2.18. The normalized spacial score (nSPS) is 18.0. The Morgan fingerprint density at radius 2 is 2.09 bits per heavy atom. The Morgan fingerprint density at radius 3 is 2.73 bits per heavy atom. The van der Waals surface area contributed by atoms with E-state index in [1.54, 1.807) is 4.90 Å². The van der Waals surface area contributed by atoms with Crippen LogP contribution in [-0.2, 0) is 9.53 Å². The number of piperidine rings is 1. The number of nitrogens with zero attached hydrogens (tertiary/aromatic N) is 1. The summed E-state index contributed by atoms with van der Waals surface area (Å²) >= 11 is 0. The molecule has 1 saturated heterocycles. The van der Waals surface area contributed by atoms with Crippen molar-refractivity contribution in [3.8, 4) is 5.75 Å². The highest BCUT2D eigenvalue weighted by atomic mass is 19.1. The molecule has 1 aromatic carbocycles. The van der Waals surface area contributed by atoms with Crippen molar-refractivity contribution in [2.45, 2.75) is 31.7 Å². The minimum atomic E-state index is -0.574. The Kier molecular flexibility index (Phi) is 5.35. The average Bonchev–Trinajstić information content (AvgIpc) is 2.54. The minimum absolute atomic E-state index is 0.0984. The van der Waals surface area contributed by atoms with Gasteiger partial charge >= 0.3 is 5.97 Å². The quantitative estimate of drug-likeness (QED) is 0.801. The number of esters is 1. The summed E-state index contributed by atoms with van der Waals surface area (Å²) in [4.78, 5) is 25.7. The summed E-state index contributed by atoms with van der Waals surface area (Å²) in [6, 6.07) is 3.94. The van der Waals surface area contributed by atoms with E-state index in [1.807, 2.05) is 0 Å². The lowest BCUT2D eigenvalue weighted by atomic mass is 9.98. The summed E-state index contributed by atoms with van der Waals surface area (Å²) in [5, 5.41) is 0. The van der Waals surface area contributed by atoms with Crippen molar-refractivity contribution in [2.24, 2.45) is 0 Å². The second kappa shape index (κ2) is 7.24. The van der Waals surface area contributed by atoms with Crippen molar-refractivity contribution >= 4 is 11.9 Å². The fourth-order valence-corrected chi connectivity index (χ4v) is 2.72. The molecule has 1 aliphatic heterocycles. The highest BCUT2D eigenvalue weighted by Gasteiger charge is 2.29. The van der Waals surface area contributed by atoms with Gasteiger partial charge in [0.25, 0.3) is 5.91 Å². The zero-order valence-electron chi connectivity index (χ0n) is 12.8. The van der Waals surface area contributed by atoms with E-state index in [1.165, 1.54) is 32.4 Å². The van der Waals surface area contributed by atoms with E-state index >= 15 is 0 Å². The number of methoxy groups -OCH3 is 2. The molecule has 0 spiro atoms. The first-order chi connectivity index (χ1) is 10.6. The molecule has 0 radical (unpaired) electrons. The van der Waals surface area contributed by atoms with Gasteiger partial charge in [-0.3, -0.25) is 9.59 Å². The fourth-order valence-electron chi connectivity index (χ4n) is 2.72. The molecule has 0 saturated carbocycles. The van der Waals surface area contributed by atoms with Crippen LogP contribution in [0.2, 0.25) is 0 Å². The molecular formula is C16H20FNO4. The first kappa shape index (κ1) is 16.3. The van der Waals surface area contributed by atoms with Gasteiger partial charge in [0.05, 0.1) is 20.6 Å². The van der Waals surface area contributed by atoms with E-state index in [0.717, 1.165) is 19.3 Å². The molecular weight excluding hydrogens is 289 g/mol. The number of hydrogen-bond donors (Lipinski definition) is 0. The van der Waals surface area contributed by atoms with Gasteiger partial charge in [-0.05, 0) is 37.5 Å². The van der Waals surface area contributed by atoms with Crippen LogP contribution in [0.15, 0.2) is 18.2 Å². The Labute approximate surface area is 129 Å². The van der Waals surface area contributed by atoms with E-state index in [4.69, 9.17) is 4.74 Å². The fraction of sp³-hybridized carbons (Fsp3) is 0.500. The molecule has 5 nitrogen and oxygen atoms in total. The molecule has 0 bridgehead atoms. The molecule has 120 valence electrons. The smallest absolute Gasteiger partial charge is 0.307 e. The number of rotatable bonds is 4. The molecule has 1 amide bonds. The lowest BCUT2D eigenvalue weighted by molar-refractivity contribution is -0.142. The van der Waals surface area contributed by atoms with Gasteiger partial charge in [-0.25, -0.2) is 4.39 Å². The molecule has 0 N–H and O–H groups in total. The predicted octanol–water partition coefficient (Wildman–Crippen LogP) is 2.39. The van der Waals surface area contributed by atoms with Crippen molar-refractivity contribution in [1.29, 1.82) is 0 Å². The second-order valence-electron chi connectivity index (χ2n) is 5.28. The zero-order chi connectivity index (χ0) is 16.1. The summed E-state index contributed by atoms with van der Waals surface area (Å²) in [5.74, 6) is -1.09. The first-order valence-corrected chi connectivity index (χ1v) is 7.28. The number of carbonyl (C=O) groups excluding carboxylic acids is 2. The number of amides is 1. The van der Waals surface area contributed by atoms with Gasteiger partial charge < -0.3 is 14.4 Å². The third kappa shape index (κ3) is 3.55. The van der Waals surface area contributed by atoms with Crippen molar-refractivity contribution in [1.82, 2.24) is 4.90 Å². The summed E-state index contributed by atoms with van der Waals surface area (Å²) in [6.45, 7) is 0.564. The second-order valence-corrected chi connectivity index (χ2v) is 5.28. The molecule has 6 heteroatoms. The monoisotopic (exact) mass is 309 g/mol. The van der Waals surface area contributed by atoms with Crippen LogP contribution in [0, 0.1) is 5.82 Å². The van der Waals surface area contributed by atoms with Gasteiger partial charge in [0.2, 0.25) is 0 Å². The van der Waals surface area contributed by atoms with E-state index < -0.39 is 5.82 Å². The lowest BCUT2D eigenvalue weighted by Gasteiger charge is -2.35. The molecule has 0 aliphatic carbocycles. The predicted molar refractivity (Wildman–Crippen MR) is 78.3 cm³/mol. The summed E-state index contributed by atoms with van der Waals surface area (Å²) in [5.41, 5.74) is 0.259. The van der Waals surface area contributed by atoms with E-state index in [0.29, 0.717) is 6.54 Å². The molecule has 1 atom stereocenters. The van der Waals surface area contributed by atoms with Crippen LogP contribution in [0.25, 0.3) is 0 Å². The number of likely N-dealkylation sites (tertiary alicyclic amines) is 1. The first-order valence-electron chi connectivity index (χ1n) is 7.28. The SMILES string of the molecule is COC(=O)CC1CCCCN1C(=O)c1ccc(OC)c(F)c1. The van der Waals surface area contributed by atoms with Crippen LogP contribution in [0.1, 0.15) is 36.0 Å². The maximum Gasteiger partial charge on any atom is 0.307 e. The number of carbonyl (C=O) groups is 2. The third-order valence-corrected chi connectivity index (χ3v) is 3.92. The highest BCUT2D eigenvalue weighted by molar-refractivity contribution is 5.95. The Bertz CT molecular complexity index is 561. The van der Waals surface area contributed by atoms with Crippen LogP contribution in [0.3, 0.4) is 0 Å². The van der Waals surface area contributed by atoms with Gasteiger partial charge in [0, 0.05) is 18.2 Å². The van der Waals surface area contributed by atoms with E-state index in [2.05, 4.69) is 4.74 Å². The van der Waals surface area contributed by atoms with Gasteiger partial charge in [-0.2, -0.15) is 0 Å². The maximum atomic E-state index is 13.8. The zero-order valence-corrected chi connectivity index (χ0v) is 12.8. The van der Waals surface area contributed by atoms with Crippen LogP contribution < -0.4 is 4.74 Å². The molecule has 2 rings (SSSR count). The Morgan fingerprint density at radius 1 is 1.32 bits per heavy atom. The molecule has 1 aromatic rings. The van der Waals surface area contributed by atoms with Crippen LogP contribution >= 0.6 is 0 Å². The maximum absolute atomic E-state index is 13.8. The van der Waals surface area contributed by atoms with Gasteiger partial charge in [0.1, 0.15) is 0 Å². The number of ether oxygens (including phenoxy) is 2. The summed E-state index contributed by atoms with van der Waals surface area (Å²) in [7, 11) is 2.70. The lowest BCUT2D eigenvalue weighted by Crippen LogP contribution is -2.44. The highest BCUT2D eigenvalue weighted by Crippen LogP contribution is 2.24. The average molecular weight is 309 g/mol.